The number of allylic oxidation sites excluding steroid dienone is 1. The maximum Gasteiger partial charge on any atom is 0.0940 e. The number of nitrogens with one attached hydrogen (secondary N) is 1. The SMILES string of the molecule is N=C(I)C=C(N)c1ccccc1. The molecule has 0 saturated heterocycles. The molecular formula is C9H9IN2. The predicted molar refractivity (Wildman–Crippen MR) is 60.4 cm³/mol. The summed E-state index contributed by atoms with van der Waals surface area (Å²) in [5.41, 5.74) is 7.30. The molecule has 0 unspecified atom stereocenters. The number of nitrogens with two attached hydrogens (primary N) is 1. The van der Waals surface area contributed by atoms with Gasteiger partial charge in [-0.3, -0.25) is 5.41 Å². The molecule has 1 rings (SSSR count). The molecule has 0 fully saturated rings. The number of benzene rings is 1. The van der Waals surface area contributed by atoms with E-state index in [9.17, 15) is 0 Å². The van der Waals surface area contributed by atoms with Gasteiger partial charge in [0.05, 0.1) is 3.72 Å². The minimum Gasteiger partial charge on any atom is -0.398 e. The third kappa shape index (κ3) is 2.65. The molecule has 0 radical (unpaired) electrons. The summed E-state index contributed by atoms with van der Waals surface area (Å²) in [6.45, 7) is 0. The van der Waals surface area contributed by atoms with E-state index in [2.05, 4.69) is 0 Å². The largest absolute Gasteiger partial charge is 0.398 e. The Balaban J connectivity index is 2.93. The first-order valence-electron chi connectivity index (χ1n) is 3.47. The van der Waals surface area contributed by atoms with E-state index in [1.165, 1.54) is 0 Å². The Morgan fingerprint density at radius 3 is 2.42 bits per heavy atom. The van der Waals surface area contributed by atoms with Crippen LogP contribution in [0.25, 0.3) is 5.70 Å². The molecule has 0 heterocycles. The smallest absolute Gasteiger partial charge is 0.0940 e. The normalized spacial score (nSPS) is 11.2. The lowest BCUT2D eigenvalue weighted by Gasteiger charge is -1.98. The number of hydrogen-bond donors (Lipinski definition) is 2. The summed E-state index contributed by atoms with van der Waals surface area (Å²) >= 11 is 1.91. The van der Waals surface area contributed by atoms with Gasteiger partial charge in [0, 0.05) is 5.70 Å². The summed E-state index contributed by atoms with van der Waals surface area (Å²) in [4.78, 5) is 0. The molecule has 0 bridgehead atoms. The van der Waals surface area contributed by atoms with E-state index in [-0.39, 0.29) is 0 Å². The van der Waals surface area contributed by atoms with E-state index in [1.54, 1.807) is 6.08 Å². The summed E-state index contributed by atoms with van der Waals surface area (Å²) in [5, 5.41) is 7.20. The number of halogens is 1. The van der Waals surface area contributed by atoms with Crippen LogP contribution in [0.15, 0.2) is 36.4 Å². The average Bonchev–Trinajstić information content (AvgIpc) is 2.05. The molecule has 0 atom stereocenters. The van der Waals surface area contributed by atoms with Crippen molar-refractivity contribution >= 4 is 32.0 Å². The lowest BCUT2D eigenvalue weighted by Crippen LogP contribution is -1.97. The molecule has 1 aromatic carbocycles. The van der Waals surface area contributed by atoms with Crippen LogP contribution in [0.3, 0.4) is 0 Å². The second kappa shape index (κ2) is 4.25. The minimum absolute atomic E-state index is 0.439. The van der Waals surface area contributed by atoms with Crippen molar-refractivity contribution in [1.29, 1.82) is 5.41 Å². The zero-order valence-corrected chi connectivity index (χ0v) is 8.58. The summed E-state index contributed by atoms with van der Waals surface area (Å²) in [7, 11) is 0. The summed E-state index contributed by atoms with van der Waals surface area (Å²) < 4.78 is 0.439. The van der Waals surface area contributed by atoms with Crippen LogP contribution in [0.4, 0.5) is 0 Å². The molecule has 3 heteroatoms. The van der Waals surface area contributed by atoms with Gasteiger partial charge in [-0.15, -0.1) is 0 Å². The van der Waals surface area contributed by atoms with E-state index >= 15 is 0 Å². The van der Waals surface area contributed by atoms with Gasteiger partial charge in [0.25, 0.3) is 0 Å². The van der Waals surface area contributed by atoms with E-state index in [0.717, 1.165) is 5.56 Å². The van der Waals surface area contributed by atoms with E-state index < -0.39 is 0 Å². The molecule has 0 aliphatic carbocycles. The zero-order valence-electron chi connectivity index (χ0n) is 6.42. The molecule has 1 aromatic rings. The van der Waals surface area contributed by atoms with Crippen molar-refractivity contribution in [2.75, 3.05) is 0 Å². The highest BCUT2D eigenvalue weighted by Gasteiger charge is 1.94. The lowest BCUT2D eigenvalue weighted by atomic mass is 10.1. The summed E-state index contributed by atoms with van der Waals surface area (Å²) in [6.07, 6.45) is 1.63. The van der Waals surface area contributed by atoms with Crippen molar-refractivity contribution in [3.63, 3.8) is 0 Å². The Morgan fingerprint density at radius 1 is 1.33 bits per heavy atom. The quantitative estimate of drug-likeness (QED) is 0.630. The number of hydrogen-bond acceptors (Lipinski definition) is 2. The van der Waals surface area contributed by atoms with Gasteiger partial charge in [0.2, 0.25) is 0 Å². The first kappa shape index (κ1) is 9.25. The van der Waals surface area contributed by atoms with Crippen LogP contribution in [-0.2, 0) is 0 Å². The van der Waals surface area contributed by atoms with Crippen molar-refractivity contribution in [1.82, 2.24) is 0 Å². The fraction of sp³-hybridized carbons (Fsp3) is 0. The van der Waals surface area contributed by atoms with Crippen molar-refractivity contribution in [3.8, 4) is 0 Å². The highest BCUT2D eigenvalue weighted by molar-refractivity contribution is 14.1. The molecule has 0 saturated carbocycles. The standard InChI is InChI=1S/C9H9IN2/c10-9(12)6-8(11)7-4-2-1-3-5-7/h1-6,12H,11H2. The molecule has 0 aliphatic heterocycles. The lowest BCUT2D eigenvalue weighted by molar-refractivity contribution is 1.51. The van der Waals surface area contributed by atoms with Gasteiger partial charge in [0.1, 0.15) is 0 Å². The van der Waals surface area contributed by atoms with Gasteiger partial charge in [-0.25, -0.2) is 0 Å². The average molecular weight is 272 g/mol. The van der Waals surface area contributed by atoms with Gasteiger partial charge in [-0.05, 0) is 34.2 Å². The fourth-order valence-corrected chi connectivity index (χ4v) is 1.19. The van der Waals surface area contributed by atoms with Gasteiger partial charge in [-0.2, -0.15) is 0 Å². The highest BCUT2D eigenvalue weighted by Crippen LogP contribution is 2.08. The third-order valence-corrected chi connectivity index (χ3v) is 1.70. The van der Waals surface area contributed by atoms with E-state index in [4.69, 9.17) is 11.1 Å². The summed E-state index contributed by atoms with van der Waals surface area (Å²) in [5.74, 6) is 0. The van der Waals surface area contributed by atoms with Crippen LogP contribution in [0.1, 0.15) is 5.56 Å². The Bertz CT molecular complexity index is 304. The van der Waals surface area contributed by atoms with Gasteiger partial charge in [-0.1, -0.05) is 30.3 Å². The topological polar surface area (TPSA) is 49.9 Å². The van der Waals surface area contributed by atoms with Crippen LogP contribution in [-0.4, -0.2) is 3.72 Å². The van der Waals surface area contributed by atoms with Crippen LogP contribution in [0.2, 0.25) is 0 Å². The molecule has 0 spiro atoms. The van der Waals surface area contributed by atoms with Crippen molar-refractivity contribution in [2.45, 2.75) is 0 Å². The Kier molecular flexibility index (Phi) is 3.28. The number of rotatable bonds is 2. The molecule has 62 valence electrons. The molecule has 12 heavy (non-hydrogen) atoms. The molecular weight excluding hydrogens is 263 g/mol. The van der Waals surface area contributed by atoms with Gasteiger partial charge < -0.3 is 5.73 Å². The van der Waals surface area contributed by atoms with Crippen molar-refractivity contribution < 1.29 is 0 Å². The molecule has 0 aliphatic rings. The maximum absolute atomic E-state index is 7.20. The Labute approximate surface area is 85.1 Å². The van der Waals surface area contributed by atoms with E-state index in [1.807, 2.05) is 52.9 Å². The van der Waals surface area contributed by atoms with Crippen LogP contribution in [0.5, 0.6) is 0 Å². The predicted octanol–water partition coefficient (Wildman–Crippen LogP) is 2.40. The van der Waals surface area contributed by atoms with Crippen molar-refractivity contribution in [2.24, 2.45) is 5.73 Å². The highest BCUT2D eigenvalue weighted by atomic mass is 127. The Morgan fingerprint density at radius 2 is 1.92 bits per heavy atom. The zero-order chi connectivity index (χ0) is 8.97. The first-order valence-corrected chi connectivity index (χ1v) is 4.54. The second-order valence-corrected chi connectivity index (χ2v) is 3.48. The minimum atomic E-state index is 0.439. The molecule has 0 aromatic heterocycles. The van der Waals surface area contributed by atoms with Crippen LogP contribution in [0, 0.1) is 5.41 Å². The van der Waals surface area contributed by atoms with Crippen LogP contribution < -0.4 is 5.73 Å². The second-order valence-electron chi connectivity index (χ2n) is 2.31. The molecule has 0 amide bonds. The Hall–Kier alpha value is -0.840. The fourth-order valence-electron chi connectivity index (χ4n) is 0.850. The van der Waals surface area contributed by atoms with Gasteiger partial charge >= 0.3 is 0 Å². The maximum atomic E-state index is 7.20. The van der Waals surface area contributed by atoms with Gasteiger partial charge in [0.15, 0.2) is 0 Å². The van der Waals surface area contributed by atoms with Crippen molar-refractivity contribution in [3.05, 3.63) is 42.0 Å². The molecule has 2 nitrogen and oxygen atoms in total. The third-order valence-electron chi connectivity index (χ3n) is 1.39. The summed E-state index contributed by atoms with van der Waals surface area (Å²) in [6, 6.07) is 9.63. The van der Waals surface area contributed by atoms with Crippen LogP contribution >= 0.6 is 22.6 Å². The van der Waals surface area contributed by atoms with E-state index in [0.29, 0.717) is 9.42 Å². The first-order chi connectivity index (χ1) is 5.70. The monoisotopic (exact) mass is 272 g/mol. The molecule has 3 N–H and O–H groups in total.